The quantitative estimate of drug-likeness (QED) is 0.774. The van der Waals surface area contributed by atoms with E-state index >= 15 is 0 Å². The van der Waals surface area contributed by atoms with E-state index in [-0.39, 0.29) is 30.8 Å². The first-order chi connectivity index (χ1) is 8.77. The van der Waals surface area contributed by atoms with Gasteiger partial charge in [0.1, 0.15) is 5.75 Å². The molecule has 0 atom stereocenters. The number of nitrogens with one attached hydrogen (secondary N) is 2. The maximum absolute atomic E-state index is 11.8. The van der Waals surface area contributed by atoms with Gasteiger partial charge in [0.15, 0.2) is 6.61 Å². The van der Waals surface area contributed by atoms with Crippen molar-refractivity contribution >= 4 is 47.2 Å². The first-order valence-corrected chi connectivity index (χ1v) is 6.01. The van der Waals surface area contributed by atoms with E-state index in [1.807, 2.05) is 0 Å². The fraction of sp³-hybridized carbons (Fsp3) is 0.333. The predicted molar refractivity (Wildman–Crippen MR) is 79.7 cm³/mol. The summed E-state index contributed by atoms with van der Waals surface area (Å²) in [5.74, 6) is -0.160. The topological polar surface area (TPSA) is 93.5 Å². The fourth-order valence-corrected chi connectivity index (χ4v) is 1.69. The molecule has 0 saturated heterocycles. The number of benzene rings is 1. The number of carbonyl (C=O) groups excluding carboxylic acids is 2. The molecule has 2 amide bonds. The van der Waals surface area contributed by atoms with Crippen LogP contribution < -0.4 is 21.1 Å². The normalized spacial score (nSPS) is 13.5. The molecule has 0 radical (unpaired) electrons. The number of anilines is 2. The number of ether oxygens (including phenoxy) is 1. The Bertz CT molecular complexity index is 556. The lowest BCUT2D eigenvalue weighted by Gasteiger charge is -2.22. The molecule has 1 aliphatic heterocycles. The van der Waals surface area contributed by atoms with Crippen LogP contribution >= 0.6 is 24.0 Å². The van der Waals surface area contributed by atoms with Gasteiger partial charge >= 0.3 is 0 Å². The Morgan fingerprint density at radius 3 is 2.75 bits per heavy atom. The molecule has 20 heavy (non-hydrogen) atoms. The minimum atomic E-state index is -1.02. The molecule has 110 valence electrons. The molecule has 0 saturated carbocycles. The summed E-state index contributed by atoms with van der Waals surface area (Å²) in [6.07, 6.45) is 0. The molecule has 1 aromatic rings. The molecule has 0 spiro atoms. The average molecular weight is 320 g/mol. The van der Waals surface area contributed by atoms with Crippen molar-refractivity contribution < 1.29 is 14.3 Å². The standard InChI is InChI=1S/C12H14ClN3O3.ClH/c1-12(2,14)11(18)16-7-4-9-8(3-6(7)13)15-10(17)5-19-9;/h3-4H,5,14H2,1-2H3,(H,15,17)(H,16,18);1H. The Morgan fingerprint density at radius 2 is 2.15 bits per heavy atom. The van der Waals surface area contributed by atoms with Crippen LogP contribution in [0.5, 0.6) is 5.75 Å². The highest BCUT2D eigenvalue weighted by atomic mass is 35.5. The molecule has 4 N–H and O–H groups in total. The minimum Gasteiger partial charge on any atom is -0.482 e. The number of nitrogens with two attached hydrogens (primary N) is 1. The van der Waals surface area contributed by atoms with Crippen LogP contribution in [0.2, 0.25) is 5.02 Å². The van der Waals surface area contributed by atoms with Crippen molar-refractivity contribution in [2.24, 2.45) is 5.73 Å². The summed E-state index contributed by atoms with van der Waals surface area (Å²) in [7, 11) is 0. The minimum absolute atomic E-state index is 0. The zero-order chi connectivity index (χ0) is 14.2. The molecule has 0 aromatic heterocycles. The van der Waals surface area contributed by atoms with Crippen molar-refractivity contribution in [2.75, 3.05) is 17.2 Å². The van der Waals surface area contributed by atoms with Gasteiger partial charge in [0, 0.05) is 6.07 Å². The summed E-state index contributed by atoms with van der Waals surface area (Å²) >= 11 is 6.04. The number of carbonyl (C=O) groups is 2. The summed E-state index contributed by atoms with van der Waals surface area (Å²) < 4.78 is 5.25. The SMILES string of the molecule is CC(C)(N)C(=O)Nc1cc2c(cc1Cl)NC(=O)CO2.Cl. The number of fused-ring (bicyclic) bond motifs is 1. The van der Waals surface area contributed by atoms with Gasteiger partial charge in [-0.3, -0.25) is 9.59 Å². The van der Waals surface area contributed by atoms with E-state index in [0.717, 1.165) is 0 Å². The van der Waals surface area contributed by atoms with E-state index in [2.05, 4.69) is 10.6 Å². The van der Waals surface area contributed by atoms with Gasteiger partial charge in [0.05, 0.1) is 21.9 Å². The number of halogens is 2. The van der Waals surface area contributed by atoms with Crippen LogP contribution in [0, 0.1) is 0 Å². The number of hydrogen-bond donors (Lipinski definition) is 3. The first-order valence-electron chi connectivity index (χ1n) is 5.64. The van der Waals surface area contributed by atoms with E-state index in [0.29, 0.717) is 22.1 Å². The fourth-order valence-electron chi connectivity index (χ4n) is 1.48. The molecule has 0 fully saturated rings. The highest BCUT2D eigenvalue weighted by Crippen LogP contribution is 2.36. The molecule has 1 heterocycles. The monoisotopic (exact) mass is 319 g/mol. The van der Waals surface area contributed by atoms with Gasteiger partial charge in [-0.2, -0.15) is 0 Å². The van der Waals surface area contributed by atoms with E-state index in [9.17, 15) is 9.59 Å². The molecule has 1 aliphatic rings. The molecule has 8 heteroatoms. The van der Waals surface area contributed by atoms with E-state index < -0.39 is 5.54 Å². The second-order valence-corrected chi connectivity index (χ2v) is 5.25. The lowest BCUT2D eigenvalue weighted by Crippen LogP contribution is -2.45. The molecular weight excluding hydrogens is 305 g/mol. The van der Waals surface area contributed by atoms with E-state index in [1.165, 1.54) is 6.07 Å². The molecule has 0 bridgehead atoms. The van der Waals surface area contributed by atoms with Gasteiger partial charge in [-0.1, -0.05) is 11.6 Å². The Morgan fingerprint density at radius 1 is 1.50 bits per heavy atom. The lowest BCUT2D eigenvalue weighted by molar-refractivity contribution is -0.120. The van der Waals surface area contributed by atoms with Crippen molar-refractivity contribution in [3.05, 3.63) is 17.2 Å². The van der Waals surface area contributed by atoms with Crippen molar-refractivity contribution in [1.29, 1.82) is 0 Å². The summed E-state index contributed by atoms with van der Waals surface area (Å²) in [4.78, 5) is 23.0. The Labute approximate surface area is 127 Å². The van der Waals surface area contributed by atoms with Crippen LogP contribution in [0.4, 0.5) is 11.4 Å². The zero-order valence-electron chi connectivity index (χ0n) is 11.0. The predicted octanol–water partition coefficient (Wildman–Crippen LogP) is 1.77. The van der Waals surface area contributed by atoms with Gasteiger partial charge in [0.25, 0.3) is 5.91 Å². The van der Waals surface area contributed by atoms with Crippen LogP contribution in [-0.4, -0.2) is 24.0 Å². The average Bonchev–Trinajstić information content (AvgIpc) is 2.29. The van der Waals surface area contributed by atoms with Crippen molar-refractivity contribution in [3.63, 3.8) is 0 Å². The van der Waals surface area contributed by atoms with Crippen LogP contribution in [0.25, 0.3) is 0 Å². The number of amides is 2. The maximum atomic E-state index is 11.8. The van der Waals surface area contributed by atoms with Crippen molar-refractivity contribution in [1.82, 2.24) is 0 Å². The van der Waals surface area contributed by atoms with Crippen LogP contribution in [0.1, 0.15) is 13.8 Å². The van der Waals surface area contributed by atoms with Crippen molar-refractivity contribution in [3.8, 4) is 5.75 Å². The second kappa shape index (κ2) is 5.87. The largest absolute Gasteiger partial charge is 0.482 e. The third-order valence-electron chi connectivity index (χ3n) is 2.54. The Balaban J connectivity index is 0.00000200. The lowest BCUT2D eigenvalue weighted by atomic mass is 10.1. The maximum Gasteiger partial charge on any atom is 0.262 e. The zero-order valence-corrected chi connectivity index (χ0v) is 12.5. The summed E-state index contributed by atoms with van der Waals surface area (Å²) in [5.41, 5.74) is 5.54. The van der Waals surface area contributed by atoms with Gasteiger partial charge in [-0.25, -0.2) is 0 Å². The van der Waals surface area contributed by atoms with E-state index in [4.69, 9.17) is 22.1 Å². The van der Waals surface area contributed by atoms with Crippen LogP contribution in [0.3, 0.4) is 0 Å². The molecule has 0 aliphatic carbocycles. The summed E-state index contributed by atoms with van der Waals surface area (Å²) in [6.45, 7) is 3.11. The second-order valence-electron chi connectivity index (χ2n) is 4.84. The smallest absolute Gasteiger partial charge is 0.262 e. The molecule has 6 nitrogen and oxygen atoms in total. The first kappa shape index (κ1) is 16.6. The van der Waals surface area contributed by atoms with Gasteiger partial charge < -0.3 is 21.1 Å². The van der Waals surface area contributed by atoms with Gasteiger partial charge in [0.2, 0.25) is 5.91 Å². The molecule has 0 unspecified atom stereocenters. The van der Waals surface area contributed by atoms with Gasteiger partial charge in [-0.05, 0) is 19.9 Å². The third-order valence-corrected chi connectivity index (χ3v) is 2.85. The van der Waals surface area contributed by atoms with Crippen LogP contribution in [0.15, 0.2) is 12.1 Å². The molecule has 2 rings (SSSR count). The van der Waals surface area contributed by atoms with E-state index in [1.54, 1.807) is 19.9 Å². The van der Waals surface area contributed by atoms with Crippen LogP contribution in [-0.2, 0) is 9.59 Å². The number of rotatable bonds is 2. The highest BCUT2D eigenvalue weighted by Gasteiger charge is 2.24. The van der Waals surface area contributed by atoms with Gasteiger partial charge in [-0.15, -0.1) is 12.4 Å². The summed E-state index contributed by atoms with van der Waals surface area (Å²) in [6, 6.07) is 3.08. The Kier molecular flexibility index (Phi) is 4.86. The van der Waals surface area contributed by atoms with Crippen molar-refractivity contribution in [2.45, 2.75) is 19.4 Å². The third kappa shape index (κ3) is 3.53. The Hall–Kier alpha value is -1.50. The summed E-state index contributed by atoms with van der Waals surface area (Å²) in [5, 5.41) is 5.54. The molecular formula is C12H15Cl2N3O3. The number of hydrogen-bond acceptors (Lipinski definition) is 4. The highest BCUT2D eigenvalue weighted by molar-refractivity contribution is 6.34. The molecule has 1 aromatic carbocycles.